The Morgan fingerprint density at radius 1 is 1.56 bits per heavy atom. The predicted molar refractivity (Wildman–Crippen MR) is 73.9 cm³/mol. The molecule has 0 bridgehead atoms. The summed E-state index contributed by atoms with van der Waals surface area (Å²) in [6, 6.07) is 1.38. The van der Waals surface area contributed by atoms with Crippen LogP contribution in [0.25, 0.3) is 0 Å². The number of nitrogen functional groups attached to an aromatic ring is 1. The second kappa shape index (κ2) is 6.57. The fourth-order valence-corrected chi connectivity index (χ4v) is 3.31. The second-order valence-electron chi connectivity index (χ2n) is 3.32. The van der Waals surface area contributed by atoms with Gasteiger partial charge in [0, 0.05) is 40.0 Å². The van der Waals surface area contributed by atoms with E-state index in [-0.39, 0.29) is 23.0 Å². The zero-order valence-electron chi connectivity index (χ0n) is 9.51. The lowest BCUT2D eigenvalue weighted by molar-refractivity contribution is 0.584. The van der Waals surface area contributed by atoms with Gasteiger partial charge in [-0.1, -0.05) is 0 Å². The zero-order chi connectivity index (χ0) is 13.8. The molecule has 0 amide bonds. The fraction of sp³-hybridized carbons (Fsp3) is 0.375. The van der Waals surface area contributed by atoms with Gasteiger partial charge in [0.25, 0.3) is 0 Å². The van der Waals surface area contributed by atoms with E-state index in [2.05, 4.69) is 31.1 Å². The standard InChI is InChI=1S/C8H13BrN4O3S2/c1-17(14)3-2-12-18(15,16)7-4-6(9)5-11-8(7)13-10/h4-5,12H,2-3,10H2,1H3,(H,11,13). The second-order valence-corrected chi connectivity index (χ2v) is 7.53. The molecule has 7 nitrogen and oxygen atoms in total. The molecule has 0 aromatic carbocycles. The highest BCUT2D eigenvalue weighted by molar-refractivity contribution is 9.10. The Morgan fingerprint density at radius 2 is 2.22 bits per heavy atom. The molecule has 0 radical (unpaired) electrons. The maximum atomic E-state index is 12.0. The van der Waals surface area contributed by atoms with E-state index in [0.717, 1.165) is 0 Å². The lowest BCUT2D eigenvalue weighted by atomic mass is 10.5. The Balaban J connectivity index is 2.97. The molecule has 10 heteroatoms. The lowest BCUT2D eigenvalue weighted by Gasteiger charge is -2.10. The largest absolute Gasteiger partial charge is 0.307 e. The minimum absolute atomic E-state index is 0.0447. The minimum atomic E-state index is -3.74. The molecular formula is C8H13BrN4O3S2. The monoisotopic (exact) mass is 356 g/mol. The molecule has 0 aliphatic rings. The molecule has 0 fully saturated rings. The topological polar surface area (TPSA) is 114 Å². The SMILES string of the molecule is CS(=O)CCNS(=O)(=O)c1cc(Br)cnc1NN. The molecule has 102 valence electrons. The van der Waals surface area contributed by atoms with Crippen LogP contribution >= 0.6 is 15.9 Å². The number of halogens is 1. The summed E-state index contributed by atoms with van der Waals surface area (Å²) in [4.78, 5) is 3.78. The summed E-state index contributed by atoms with van der Waals surface area (Å²) in [6.45, 7) is 0.0853. The van der Waals surface area contributed by atoms with Gasteiger partial charge >= 0.3 is 0 Å². The smallest absolute Gasteiger partial charge is 0.244 e. The zero-order valence-corrected chi connectivity index (χ0v) is 12.7. The Kier molecular flexibility index (Phi) is 5.66. The number of hydrazine groups is 1. The highest BCUT2D eigenvalue weighted by Gasteiger charge is 2.19. The van der Waals surface area contributed by atoms with Crippen LogP contribution in [0, 0.1) is 0 Å². The molecule has 18 heavy (non-hydrogen) atoms. The third kappa shape index (κ3) is 4.28. The fourth-order valence-electron chi connectivity index (χ4n) is 1.13. The Bertz CT molecular complexity index is 549. The predicted octanol–water partition coefficient (Wildman–Crippen LogP) is -0.214. The summed E-state index contributed by atoms with van der Waals surface area (Å²) in [5, 5.41) is 0. The van der Waals surface area contributed by atoms with Crippen molar-refractivity contribution in [2.45, 2.75) is 4.90 Å². The number of nitrogens with one attached hydrogen (secondary N) is 2. The highest BCUT2D eigenvalue weighted by Crippen LogP contribution is 2.21. The van der Waals surface area contributed by atoms with Crippen LogP contribution in [0.4, 0.5) is 5.82 Å². The molecule has 1 heterocycles. The molecule has 0 aliphatic carbocycles. The normalized spacial score (nSPS) is 13.3. The van der Waals surface area contributed by atoms with E-state index in [1.807, 2.05) is 0 Å². The van der Waals surface area contributed by atoms with E-state index >= 15 is 0 Å². The van der Waals surface area contributed by atoms with E-state index in [9.17, 15) is 12.6 Å². The molecule has 0 spiro atoms. The number of hydrogen-bond donors (Lipinski definition) is 3. The van der Waals surface area contributed by atoms with Crippen molar-refractivity contribution in [2.24, 2.45) is 5.84 Å². The van der Waals surface area contributed by atoms with Crippen molar-refractivity contribution in [2.75, 3.05) is 24.0 Å². The quantitative estimate of drug-likeness (QED) is 0.479. The van der Waals surface area contributed by atoms with Gasteiger partial charge in [-0.05, 0) is 22.0 Å². The Labute approximate surface area is 116 Å². The van der Waals surface area contributed by atoms with Gasteiger partial charge in [-0.25, -0.2) is 24.0 Å². The summed E-state index contributed by atoms with van der Waals surface area (Å²) in [5.74, 6) is 5.49. The van der Waals surface area contributed by atoms with Gasteiger partial charge in [0.05, 0.1) is 0 Å². The van der Waals surface area contributed by atoms with Gasteiger partial charge in [-0.15, -0.1) is 0 Å². The number of anilines is 1. The first-order valence-electron chi connectivity index (χ1n) is 4.78. The van der Waals surface area contributed by atoms with Crippen LogP contribution < -0.4 is 16.0 Å². The molecule has 0 aliphatic heterocycles. The number of sulfonamides is 1. The summed E-state index contributed by atoms with van der Waals surface area (Å²) in [6.07, 6.45) is 2.93. The van der Waals surface area contributed by atoms with Crippen molar-refractivity contribution < 1.29 is 12.6 Å². The molecule has 1 aromatic heterocycles. The summed E-state index contributed by atoms with van der Waals surface area (Å²) >= 11 is 3.14. The lowest BCUT2D eigenvalue weighted by Crippen LogP contribution is -2.29. The van der Waals surface area contributed by atoms with E-state index in [0.29, 0.717) is 4.47 Å². The maximum absolute atomic E-state index is 12.0. The first kappa shape index (κ1) is 15.5. The van der Waals surface area contributed by atoms with E-state index in [1.165, 1.54) is 18.5 Å². The van der Waals surface area contributed by atoms with E-state index < -0.39 is 20.8 Å². The van der Waals surface area contributed by atoms with Gasteiger partial charge in [0.2, 0.25) is 10.0 Å². The molecule has 4 N–H and O–H groups in total. The number of nitrogens with zero attached hydrogens (tertiary/aromatic N) is 1. The first-order chi connectivity index (χ1) is 8.36. The Hall–Kier alpha value is -0.550. The van der Waals surface area contributed by atoms with Crippen molar-refractivity contribution in [1.82, 2.24) is 9.71 Å². The third-order valence-electron chi connectivity index (χ3n) is 1.93. The number of pyridine rings is 1. The van der Waals surface area contributed by atoms with E-state index in [4.69, 9.17) is 5.84 Å². The van der Waals surface area contributed by atoms with E-state index in [1.54, 1.807) is 0 Å². The Morgan fingerprint density at radius 3 is 2.78 bits per heavy atom. The van der Waals surface area contributed by atoms with Crippen molar-refractivity contribution >= 4 is 42.6 Å². The molecule has 0 saturated heterocycles. The maximum Gasteiger partial charge on any atom is 0.244 e. The van der Waals surface area contributed by atoms with Crippen LogP contribution in [-0.4, -0.2) is 36.2 Å². The number of nitrogens with two attached hydrogens (primary N) is 1. The molecule has 1 aromatic rings. The molecule has 1 atom stereocenters. The summed E-state index contributed by atoms with van der Waals surface area (Å²) < 4.78 is 37.7. The van der Waals surface area contributed by atoms with Crippen LogP contribution in [-0.2, 0) is 20.8 Å². The van der Waals surface area contributed by atoms with Crippen molar-refractivity contribution in [3.8, 4) is 0 Å². The molecule has 0 saturated carbocycles. The molecule has 1 rings (SSSR count). The van der Waals surface area contributed by atoms with Crippen LogP contribution in [0.2, 0.25) is 0 Å². The first-order valence-corrected chi connectivity index (χ1v) is 8.79. The van der Waals surface area contributed by atoms with Gasteiger partial charge in [-0.3, -0.25) is 4.21 Å². The van der Waals surface area contributed by atoms with Crippen molar-refractivity contribution in [3.63, 3.8) is 0 Å². The van der Waals surface area contributed by atoms with Crippen LogP contribution in [0.15, 0.2) is 21.6 Å². The van der Waals surface area contributed by atoms with Gasteiger partial charge in [-0.2, -0.15) is 0 Å². The van der Waals surface area contributed by atoms with Crippen LogP contribution in [0.1, 0.15) is 0 Å². The molecular weight excluding hydrogens is 344 g/mol. The highest BCUT2D eigenvalue weighted by atomic mass is 79.9. The van der Waals surface area contributed by atoms with Crippen molar-refractivity contribution in [3.05, 3.63) is 16.7 Å². The van der Waals surface area contributed by atoms with Gasteiger partial charge in [0.1, 0.15) is 4.90 Å². The molecule has 1 unspecified atom stereocenters. The number of aromatic nitrogens is 1. The van der Waals surface area contributed by atoms with Crippen molar-refractivity contribution in [1.29, 1.82) is 0 Å². The summed E-state index contributed by atoms with van der Waals surface area (Å²) in [7, 11) is -4.80. The number of rotatable bonds is 6. The van der Waals surface area contributed by atoms with Crippen LogP contribution in [0.5, 0.6) is 0 Å². The number of hydrogen-bond acceptors (Lipinski definition) is 6. The van der Waals surface area contributed by atoms with Crippen LogP contribution in [0.3, 0.4) is 0 Å². The minimum Gasteiger partial charge on any atom is -0.307 e. The third-order valence-corrected chi connectivity index (χ3v) is 4.61. The average Bonchev–Trinajstić information content (AvgIpc) is 2.28. The average molecular weight is 357 g/mol. The van der Waals surface area contributed by atoms with Gasteiger partial charge in [0.15, 0.2) is 5.82 Å². The summed E-state index contributed by atoms with van der Waals surface area (Å²) in [5.41, 5.74) is 2.22. The van der Waals surface area contributed by atoms with Gasteiger partial charge < -0.3 is 5.43 Å².